The van der Waals surface area contributed by atoms with Crippen molar-refractivity contribution in [2.75, 3.05) is 6.54 Å². The molecule has 0 bridgehead atoms. The number of halogens is 2. The molecule has 140 valence electrons. The summed E-state index contributed by atoms with van der Waals surface area (Å²) in [7, 11) is 0. The first-order valence-electron chi connectivity index (χ1n) is 8.40. The van der Waals surface area contributed by atoms with E-state index in [1.54, 1.807) is 18.2 Å². The highest BCUT2D eigenvalue weighted by atomic mass is 35.5. The molecule has 1 aliphatic rings. The molecule has 27 heavy (non-hydrogen) atoms. The number of rotatable bonds is 6. The normalized spacial score (nSPS) is 15.7. The van der Waals surface area contributed by atoms with E-state index < -0.39 is 0 Å². The monoisotopic (exact) mass is 421 g/mol. The number of hydrogen-bond donors (Lipinski definition) is 0. The lowest BCUT2D eigenvalue weighted by molar-refractivity contribution is -0.122. The zero-order chi connectivity index (χ0) is 19.4. The lowest BCUT2D eigenvalue weighted by atomic mass is 10.2. The van der Waals surface area contributed by atoms with Crippen LogP contribution in [0.15, 0.2) is 47.4 Å². The highest BCUT2D eigenvalue weighted by Gasteiger charge is 2.34. The minimum atomic E-state index is -0.230. The Kier molecular flexibility index (Phi) is 6.47. The second-order valence-corrected chi connectivity index (χ2v) is 7.75. The molecule has 0 unspecified atom stereocenters. The fourth-order valence-corrected chi connectivity index (χ4v) is 3.71. The Morgan fingerprint density at radius 2 is 1.81 bits per heavy atom. The van der Waals surface area contributed by atoms with Crippen LogP contribution in [0.25, 0.3) is 6.08 Å². The first-order valence-corrected chi connectivity index (χ1v) is 9.97. The van der Waals surface area contributed by atoms with Gasteiger partial charge in [0.1, 0.15) is 12.4 Å². The van der Waals surface area contributed by atoms with Crippen molar-refractivity contribution in [2.24, 2.45) is 0 Å². The molecule has 0 radical (unpaired) electrons. The summed E-state index contributed by atoms with van der Waals surface area (Å²) < 4.78 is 5.74. The number of nitrogens with zero attached hydrogens (tertiary/aromatic N) is 1. The van der Waals surface area contributed by atoms with Crippen molar-refractivity contribution in [1.82, 2.24) is 4.90 Å². The van der Waals surface area contributed by atoms with Crippen LogP contribution in [0.1, 0.15) is 24.5 Å². The zero-order valence-corrected chi connectivity index (χ0v) is 16.9. The number of ether oxygens (including phenoxy) is 1. The van der Waals surface area contributed by atoms with E-state index in [9.17, 15) is 9.59 Å². The number of carbonyl (C=O) groups excluding carboxylic acids is 2. The summed E-state index contributed by atoms with van der Waals surface area (Å²) in [6.45, 7) is 2.75. The number of carbonyl (C=O) groups is 2. The van der Waals surface area contributed by atoms with Crippen LogP contribution in [0, 0.1) is 0 Å². The first kappa shape index (κ1) is 19.8. The standard InChI is InChI=1S/C20H17Cl2NO3S/c1-2-9-23-19(24)18(27-20(23)25)11-13-3-6-15(7-4-13)26-12-14-5-8-16(21)17(22)10-14/h3-8,10-11H,2,9,12H2,1H3/b18-11+. The summed E-state index contributed by atoms with van der Waals surface area (Å²) >= 11 is 12.9. The second kappa shape index (κ2) is 8.83. The maximum Gasteiger partial charge on any atom is 0.293 e. The van der Waals surface area contributed by atoms with Crippen LogP contribution in [0.3, 0.4) is 0 Å². The van der Waals surface area contributed by atoms with Gasteiger partial charge in [0.15, 0.2) is 0 Å². The maximum absolute atomic E-state index is 12.3. The fraction of sp³-hybridized carbons (Fsp3) is 0.200. The van der Waals surface area contributed by atoms with Gasteiger partial charge in [-0.1, -0.05) is 48.3 Å². The molecule has 1 heterocycles. The van der Waals surface area contributed by atoms with Gasteiger partial charge in [-0.2, -0.15) is 0 Å². The topological polar surface area (TPSA) is 46.6 Å². The Labute approximate surface area is 172 Å². The van der Waals surface area contributed by atoms with Gasteiger partial charge in [-0.3, -0.25) is 14.5 Å². The molecule has 0 aromatic heterocycles. The predicted octanol–water partition coefficient (Wildman–Crippen LogP) is 6.02. The minimum Gasteiger partial charge on any atom is -0.489 e. The average Bonchev–Trinajstić information content (AvgIpc) is 2.92. The van der Waals surface area contributed by atoms with Crippen LogP contribution >= 0.6 is 35.0 Å². The third-order valence-electron chi connectivity index (χ3n) is 3.89. The molecule has 0 aliphatic carbocycles. The number of amides is 2. The Morgan fingerprint density at radius 3 is 2.48 bits per heavy atom. The Morgan fingerprint density at radius 1 is 1.07 bits per heavy atom. The molecule has 3 rings (SSSR count). The van der Waals surface area contributed by atoms with E-state index in [0.29, 0.717) is 33.9 Å². The number of hydrogen-bond acceptors (Lipinski definition) is 4. The smallest absolute Gasteiger partial charge is 0.293 e. The van der Waals surface area contributed by atoms with Gasteiger partial charge in [-0.05, 0) is 59.7 Å². The van der Waals surface area contributed by atoms with E-state index in [2.05, 4.69) is 0 Å². The van der Waals surface area contributed by atoms with Gasteiger partial charge in [0, 0.05) is 6.54 Å². The molecule has 0 spiro atoms. The molecular weight excluding hydrogens is 405 g/mol. The Bertz CT molecular complexity index is 897. The average molecular weight is 422 g/mol. The molecule has 0 saturated carbocycles. The van der Waals surface area contributed by atoms with Gasteiger partial charge < -0.3 is 4.74 Å². The Balaban J connectivity index is 1.64. The highest BCUT2D eigenvalue weighted by molar-refractivity contribution is 8.18. The molecule has 1 fully saturated rings. The molecular formula is C20H17Cl2NO3S. The van der Waals surface area contributed by atoms with E-state index in [4.69, 9.17) is 27.9 Å². The molecule has 0 atom stereocenters. The SMILES string of the molecule is CCCN1C(=O)S/C(=C/c2ccc(OCc3ccc(Cl)c(Cl)c3)cc2)C1=O. The molecule has 1 aliphatic heterocycles. The number of imide groups is 1. The largest absolute Gasteiger partial charge is 0.489 e. The van der Waals surface area contributed by atoms with E-state index in [0.717, 1.165) is 29.3 Å². The van der Waals surface area contributed by atoms with E-state index in [1.807, 2.05) is 37.3 Å². The third-order valence-corrected chi connectivity index (χ3v) is 5.53. The summed E-state index contributed by atoms with van der Waals surface area (Å²) in [5, 5.41) is 0.785. The van der Waals surface area contributed by atoms with Crippen molar-refractivity contribution in [2.45, 2.75) is 20.0 Å². The Hall–Kier alpha value is -1.95. The summed E-state index contributed by atoms with van der Waals surface area (Å²) in [6.07, 6.45) is 2.47. The van der Waals surface area contributed by atoms with Gasteiger partial charge in [0.2, 0.25) is 0 Å². The molecule has 0 N–H and O–H groups in total. The molecule has 4 nitrogen and oxygen atoms in total. The maximum atomic E-state index is 12.3. The summed E-state index contributed by atoms with van der Waals surface area (Å²) in [6, 6.07) is 12.7. The van der Waals surface area contributed by atoms with Crippen LogP contribution in [0.5, 0.6) is 5.75 Å². The van der Waals surface area contributed by atoms with Gasteiger partial charge in [-0.15, -0.1) is 0 Å². The summed E-state index contributed by atoms with van der Waals surface area (Å²) in [5.41, 5.74) is 1.75. The van der Waals surface area contributed by atoms with Gasteiger partial charge >= 0.3 is 0 Å². The molecule has 2 amide bonds. The molecule has 2 aromatic rings. The van der Waals surface area contributed by atoms with Gasteiger partial charge in [0.05, 0.1) is 15.0 Å². The summed E-state index contributed by atoms with van der Waals surface area (Å²) in [4.78, 5) is 25.9. The minimum absolute atomic E-state index is 0.213. The highest BCUT2D eigenvalue weighted by Crippen LogP contribution is 2.32. The molecule has 2 aromatic carbocycles. The first-order chi connectivity index (χ1) is 13.0. The summed E-state index contributed by atoms with van der Waals surface area (Å²) in [5.74, 6) is 0.462. The quantitative estimate of drug-likeness (QED) is 0.534. The number of thioether (sulfide) groups is 1. The van der Waals surface area contributed by atoms with E-state index >= 15 is 0 Å². The van der Waals surface area contributed by atoms with E-state index in [1.165, 1.54) is 4.90 Å². The van der Waals surface area contributed by atoms with Crippen LogP contribution in [0.2, 0.25) is 10.0 Å². The van der Waals surface area contributed by atoms with Crippen molar-refractivity contribution in [1.29, 1.82) is 0 Å². The molecule has 1 saturated heterocycles. The fourth-order valence-electron chi connectivity index (χ4n) is 2.52. The van der Waals surface area contributed by atoms with Crippen molar-refractivity contribution in [3.8, 4) is 5.75 Å². The van der Waals surface area contributed by atoms with Crippen molar-refractivity contribution in [3.05, 3.63) is 68.5 Å². The van der Waals surface area contributed by atoms with Gasteiger partial charge in [-0.25, -0.2) is 0 Å². The van der Waals surface area contributed by atoms with Crippen LogP contribution < -0.4 is 4.74 Å². The van der Waals surface area contributed by atoms with E-state index in [-0.39, 0.29) is 11.1 Å². The molecule has 7 heteroatoms. The lowest BCUT2D eigenvalue weighted by Crippen LogP contribution is -2.28. The zero-order valence-electron chi connectivity index (χ0n) is 14.6. The van der Waals surface area contributed by atoms with Crippen molar-refractivity contribution >= 4 is 52.2 Å². The lowest BCUT2D eigenvalue weighted by Gasteiger charge is -2.09. The van der Waals surface area contributed by atoms with Gasteiger partial charge in [0.25, 0.3) is 11.1 Å². The second-order valence-electron chi connectivity index (χ2n) is 5.94. The van der Waals surface area contributed by atoms with Crippen LogP contribution in [-0.4, -0.2) is 22.6 Å². The van der Waals surface area contributed by atoms with Crippen LogP contribution in [0.4, 0.5) is 4.79 Å². The third kappa shape index (κ3) is 4.86. The number of benzene rings is 2. The van der Waals surface area contributed by atoms with Crippen molar-refractivity contribution in [3.63, 3.8) is 0 Å². The van der Waals surface area contributed by atoms with Crippen molar-refractivity contribution < 1.29 is 14.3 Å². The van der Waals surface area contributed by atoms with Crippen LogP contribution in [-0.2, 0) is 11.4 Å². The predicted molar refractivity (Wildman–Crippen MR) is 110 cm³/mol.